The van der Waals surface area contributed by atoms with Gasteiger partial charge in [0.2, 0.25) is 0 Å². The van der Waals surface area contributed by atoms with Crippen molar-refractivity contribution < 1.29 is 10.2 Å². The highest BCUT2D eigenvalue weighted by molar-refractivity contribution is 8.01. The molecule has 1 unspecified atom stereocenters. The highest BCUT2D eigenvalue weighted by Gasteiger charge is 2.21. The van der Waals surface area contributed by atoms with E-state index in [1.807, 2.05) is 11.8 Å². The fraction of sp³-hybridized carbons (Fsp3) is 0.286. The van der Waals surface area contributed by atoms with Gasteiger partial charge in [-0.1, -0.05) is 6.07 Å². The van der Waals surface area contributed by atoms with Crippen LogP contribution in [0.5, 0.6) is 11.5 Å². The predicted molar refractivity (Wildman–Crippen MR) is 86.5 cm³/mol. The minimum absolute atomic E-state index is 0. The minimum Gasteiger partial charge on any atom is -0.504 e. The van der Waals surface area contributed by atoms with E-state index in [1.165, 1.54) is 4.21 Å². The van der Waals surface area contributed by atoms with Gasteiger partial charge in [0.1, 0.15) is 0 Å². The average Bonchev–Trinajstić information content (AvgIpc) is 2.91. The van der Waals surface area contributed by atoms with Crippen LogP contribution in [-0.2, 0) is 6.42 Å². The van der Waals surface area contributed by atoms with Gasteiger partial charge in [-0.05, 0) is 47.7 Å². The Hall–Kier alpha value is -0.880. The third-order valence-electron chi connectivity index (χ3n) is 3.28. The van der Waals surface area contributed by atoms with Crippen LogP contribution in [-0.4, -0.2) is 22.5 Å². The van der Waals surface area contributed by atoms with E-state index in [9.17, 15) is 10.2 Å². The van der Waals surface area contributed by atoms with Crippen LogP contribution >= 0.6 is 35.5 Å². The van der Waals surface area contributed by atoms with Gasteiger partial charge in [-0.3, -0.25) is 0 Å². The number of aromatic hydroxyl groups is 2. The summed E-state index contributed by atoms with van der Waals surface area (Å²) in [5.74, 6) is 0.872. The number of thioether (sulfide) groups is 1. The van der Waals surface area contributed by atoms with Crippen molar-refractivity contribution in [3.63, 3.8) is 0 Å². The SMILES string of the molecule is Cl.Oc1cc2c(cc1O)C(CSc1cccs1)NCC2. The monoisotopic (exact) mass is 329 g/mol. The van der Waals surface area contributed by atoms with Crippen LogP contribution in [0.4, 0.5) is 0 Å². The number of rotatable bonds is 3. The topological polar surface area (TPSA) is 52.5 Å². The molecule has 1 aromatic heterocycles. The van der Waals surface area contributed by atoms with Crippen LogP contribution in [0.15, 0.2) is 33.9 Å². The molecule has 0 aliphatic carbocycles. The lowest BCUT2D eigenvalue weighted by molar-refractivity contribution is 0.400. The molecule has 2 heterocycles. The first-order valence-corrected chi connectivity index (χ1v) is 8.05. The zero-order valence-corrected chi connectivity index (χ0v) is 13.2. The summed E-state index contributed by atoms with van der Waals surface area (Å²) in [5.41, 5.74) is 2.23. The van der Waals surface area contributed by atoms with Crippen LogP contribution in [0.3, 0.4) is 0 Å². The van der Waals surface area contributed by atoms with E-state index in [0.29, 0.717) is 0 Å². The lowest BCUT2D eigenvalue weighted by Crippen LogP contribution is -2.31. The van der Waals surface area contributed by atoms with Crippen molar-refractivity contribution in [2.75, 3.05) is 12.3 Å². The molecule has 3 N–H and O–H groups in total. The first-order chi connectivity index (χ1) is 9.24. The summed E-state index contributed by atoms with van der Waals surface area (Å²) >= 11 is 3.56. The molecule has 1 aliphatic heterocycles. The Morgan fingerprint density at radius 2 is 2.10 bits per heavy atom. The number of thiophene rings is 1. The molecule has 0 saturated heterocycles. The summed E-state index contributed by atoms with van der Waals surface area (Å²) in [6, 6.07) is 7.78. The van der Waals surface area contributed by atoms with Crippen LogP contribution in [0, 0.1) is 0 Å². The van der Waals surface area contributed by atoms with Crippen molar-refractivity contribution in [2.45, 2.75) is 16.7 Å². The van der Waals surface area contributed by atoms with Gasteiger partial charge in [0.25, 0.3) is 0 Å². The molecule has 0 radical (unpaired) electrons. The summed E-state index contributed by atoms with van der Waals surface area (Å²) in [7, 11) is 0. The maximum absolute atomic E-state index is 9.66. The van der Waals surface area contributed by atoms with Crippen LogP contribution in [0.25, 0.3) is 0 Å². The summed E-state index contributed by atoms with van der Waals surface area (Å²) < 4.78 is 1.30. The van der Waals surface area contributed by atoms with E-state index in [4.69, 9.17) is 0 Å². The number of halogens is 1. The highest BCUT2D eigenvalue weighted by atomic mass is 35.5. The Bertz CT molecular complexity index is 575. The third-order valence-corrected chi connectivity index (χ3v) is 5.51. The molecule has 1 aromatic carbocycles. The molecule has 0 bridgehead atoms. The van der Waals surface area contributed by atoms with Crippen molar-refractivity contribution in [3.05, 3.63) is 40.8 Å². The minimum atomic E-state index is -0.0337. The van der Waals surface area contributed by atoms with Gasteiger partial charge in [0, 0.05) is 11.8 Å². The molecule has 3 rings (SSSR count). The van der Waals surface area contributed by atoms with Gasteiger partial charge < -0.3 is 15.5 Å². The number of hydrogen-bond donors (Lipinski definition) is 3. The molecule has 0 fully saturated rings. The first kappa shape index (κ1) is 15.5. The summed E-state index contributed by atoms with van der Waals surface area (Å²) in [6.07, 6.45) is 0.892. The number of fused-ring (bicyclic) bond motifs is 1. The van der Waals surface area contributed by atoms with E-state index in [-0.39, 0.29) is 29.9 Å². The zero-order valence-electron chi connectivity index (χ0n) is 10.7. The lowest BCUT2D eigenvalue weighted by atomic mass is 9.94. The molecule has 2 aromatic rings. The maximum atomic E-state index is 9.66. The molecule has 108 valence electrons. The Balaban J connectivity index is 0.00000147. The average molecular weight is 330 g/mol. The zero-order chi connectivity index (χ0) is 13.2. The van der Waals surface area contributed by atoms with Crippen LogP contribution < -0.4 is 5.32 Å². The number of hydrogen-bond acceptors (Lipinski definition) is 5. The van der Waals surface area contributed by atoms with E-state index in [2.05, 4.69) is 22.8 Å². The van der Waals surface area contributed by atoms with Gasteiger partial charge in [-0.15, -0.1) is 35.5 Å². The Labute approximate surface area is 132 Å². The lowest BCUT2D eigenvalue weighted by Gasteiger charge is -2.27. The Morgan fingerprint density at radius 3 is 2.85 bits per heavy atom. The molecule has 0 saturated carbocycles. The van der Waals surface area contributed by atoms with E-state index in [0.717, 1.165) is 29.8 Å². The normalized spacial score (nSPS) is 17.3. The van der Waals surface area contributed by atoms with Gasteiger partial charge >= 0.3 is 0 Å². The van der Waals surface area contributed by atoms with Gasteiger partial charge in [-0.2, -0.15) is 0 Å². The highest BCUT2D eigenvalue weighted by Crippen LogP contribution is 2.36. The standard InChI is InChI=1S/C14H15NO2S2.ClH/c16-12-6-9-3-4-15-11(10(9)7-13(12)17)8-19-14-2-1-5-18-14;/h1-2,5-7,11,15-17H,3-4,8H2;1H. The Kier molecular flexibility index (Phi) is 5.21. The quantitative estimate of drug-likeness (QED) is 0.595. The number of phenolic OH excluding ortho intramolecular Hbond substituents is 2. The molecule has 3 nitrogen and oxygen atoms in total. The second kappa shape index (κ2) is 6.72. The van der Waals surface area contributed by atoms with Crippen LogP contribution in [0.2, 0.25) is 0 Å². The molecule has 0 amide bonds. The van der Waals surface area contributed by atoms with Crippen molar-refractivity contribution in [2.24, 2.45) is 0 Å². The first-order valence-electron chi connectivity index (χ1n) is 6.18. The van der Waals surface area contributed by atoms with Crippen molar-refractivity contribution in [3.8, 4) is 11.5 Å². The predicted octanol–water partition coefficient (Wildman–Crippen LogP) is 3.56. The second-order valence-corrected chi connectivity index (χ2v) is 6.81. The number of phenols is 2. The maximum Gasteiger partial charge on any atom is 0.157 e. The molecule has 20 heavy (non-hydrogen) atoms. The van der Waals surface area contributed by atoms with Crippen molar-refractivity contribution in [1.29, 1.82) is 0 Å². The molecule has 1 aliphatic rings. The Morgan fingerprint density at radius 1 is 1.30 bits per heavy atom. The molecule has 6 heteroatoms. The van der Waals surface area contributed by atoms with Gasteiger partial charge in [-0.25, -0.2) is 0 Å². The van der Waals surface area contributed by atoms with Crippen molar-refractivity contribution in [1.82, 2.24) is 5.32 Å². The van der Waals surface area contributed by atoms with E-state index in [1.54, 1.807) is 23.5 Å². The summed E-state index contributed by atoms with van der Waals surface area (Å²) in [6.45, 7) is 0.910. The fourth-order valence-corrected chi connectivity index (χ4v) is 4.22. The van der Waals surface area contributed by atoms with Gasteiger partial charge in [0.05, 0.1) is 4.21 Å². The number of benzene rings is 1. The second-order valence-electron chi connectivity index (χ2n) is 4.54. The third kappa shape index (κ3) is 3.23. The molecular formula is C14H16ClNO2S2. The van der Waals surface area contributed by atoms with E-state index >= 15 is 0 Å². The largest absolute Gasteiger partial charge is 0.504 e. The van der Waals surface area contributed by atoms with E-state index < -0.39 is 0 Å². The fourth-order valence-electron chi connectivity index (χ4n) is 2.33. The van der Waals surface area contributed by atoms with Crippen LogP contribution in [0.1, 0.15) is 17.2 Å². The molecule has 0 spiro atoms. The summed E-state index contributed by atoms with van der Waals surface area (Å²) in [4.78, 5) is 0. The smallest absolute Gasteiger partial charge is 0.157 e. The van der Waals surface area contributed by atoms with Crippen molar-refractivity contribution >= 4 is 35.5 Å². The molecular weight excluding hydrogens is 314 g/mol. The summed E-state index contributed by atoms with van der Waals surface area (Å²) in [5, 5.41) is 24.8. The molecule has 1 atom stereocenters. The van der Waals surface area contributed by atoms with Gasteiger partial charge in [0.15, 0.2) is 11.5 Å². The number of nitrogens with one attached hydrogen (secondary N) is 1.